The van der Waals surface area contributed by atoms with Gasteiger partial charge in [-0.25, -0.2) is 9.65 Å². The van der Waals surface area contributed by atoms with E-state index in [0.29, 0.717) is 5.75 Å². The Bertz CT molecular complexity index is 2420. The molecular weight excluding hydrogens is 874 g/mol. The van der Waals surface area contributed by atoms with Gasteiger partial charge in [0, 0.05) is 18.0 Å². The van der Waals surface area contributed by atoms with Crippen LogP contribution in [0, 0.1) is 17.2 Å². The van der Waals surface area contributed by atoms with Crippen LogP contribution in [0.25, 0.3) is 11.2 Å². The largest absolute Gasteiger partial charge is 0.497 e. The van der Waals surface area contributed by atoms with Crippen molar-refractivity contribution in [3.05, 3.63) is 118 Å². The molecule has 5 atom stereocenters. The van der Waals surface area contributed by atoms with E-state index in [1.165, 1.54) is 6.33 Å². The quantitative estimate of drug-likeness (QED) is 0.0328. The maximum absolute atomic E-state index is 13.6. The number of nitrogens with one attached hydrogen (secondary N) is 2. The molecule has 0 spiro atoms. The van der Waals surface area contributed by atoms with Crippen LogP contribution in [0.2, 0.25) is 18.1 Å². The van der Waals surface area contributed by atoms with Gasteiger partial charge >= 0.3 is 0 Å². The third kappa shape index (κ3) is 11.0. The zero-order valence-corrected chi connectivity index (χ0v) is 42.2. The highest BCUT2D eigenvalue weighted by Crippen LogP contribution is 2.53. The van der Waals surface area contributed by atoms with E-state index in [4.69, 9.17) is 32.7 Å². The zero-order valence-electron chi connectivity index (χ0n) is 40.3. The number of hydrogen-bond acceptors (Lipinski definition) is 12. The second-order valence-corrected chi connectivity index (χ2v) is 25.0. The van der Waals surface area contributed by atoms with Crippen molar-refractivity contribution in [2.24, 2.45) is 5.92 Å². The van der Waals surface area contributed by atoms with Gasteiger partial charge in [-0.3, -0.25) is 24.5 Å². The van der Waals surface area contributed by atoms with Crippen molar-refractivity contribution in [3.63, 3.8) is 0 Å². The molecule has 15 nitrogen and oxygen atoms in total. The number of nitriles is 1. The molecule has 2 N–H and O–H groups in total. The number of rotatable bonds is 20. The minimum atomic E-state index is -2.68. The number of nitrogens with zero attached hydrogens (tertiary/aromatic N) is 5. The topological polar surface area (TPSA) is 175 Å². The van der Waals surface area contributed by atoms with Gasteiger partial charge in [0.25, 0.3) is 14.1 Å². The van der Waals surface area contributed by atoms with E-state index in [-0.39, 0.29) is 65.7 Å². The molecule has 1 aliphatic heterocycles. The monoisotopic (exact) mass is 939 g/mol. The van der Waals surface area contributed by atoms with Crippen LogP contribution in [0.4, 0.5) is 5.95 Å². The van der Waals surface area contributed by atoms with Crippen LogP contribution in [0.15, 0.2) is 96.1 Å². The van der Waals surface area contributed by atoms with Crippen LogP contribution in [-0.2, 0) is 33.3 Å². The van der Waals surface area contributed by atoms with E-state index >= 15 is 0 Å². The third-order valence-corrected chi connectivity index (χ3v) is 18.8. The predicted octanol–water partition coefficient (Wildman–Crippen LogP) is 9.68. The molecule has 0 radical (unpaired) electrons. The summed E-state index contributed by atoms with van der Waals surface area (Å²) in [6, 6.07) is 30.2. The third-order valence-electron chi connectivity index (χ3n) is 12.2. The van der Waals surface area contributed by atoms with Gasteiger partial charge in [0.15, 0.2) is 25.7 Å². The van der Waals surface area contributed by atoms with Crippen molar-refractivity contribution < 1.29 is 32.5 Å². The zero-order chi connectivity index (χ0) is 48.0. The molecule has 1 saturated heterocycles. The van der Waals surface area contributed by atoms with Gasteiger partial charge in [-0.2, -0.15) is 10.2 Å². The molecule has 0 saturated carbocycles. The Morgan fingerprint density at radius 2 is 1.53 bits per heavy atom. The summed E-state index contributed by atoms with van der Waals surface area (Å²) >= 11 is 0. The molecule has 3 heterocycles. The highest BCUT2D eigenvalue weighted by atomic mass is 31.2. The molecule has 354 valence electrons. The van der Waals surface area contributed by atoms with Gasteiger partial charge in [-0.15, -0.1) is 0 Å². The van der Waals surface area contributed by atoms with E-state index in [1.807, 2.05) is 60.7 Å². The first-order valence-corrected chi connectivity index (χ1v) is 26.6. The molecule has 3 aromatic carbocycles. The fourth-order valence-electron chi connectivity index (χ4n) is 7.80. The Morgan fingerprint density at radius 3 is 2.06 bits per heavy atom. The molecule has 1 fully saturated rings. The minimum absolute atomic E-state index is 0.00218. The highest BCUT2D eigenvalue weighted by molar-refractivity contribution is 7.44. The van der Waals surface area contributed by atoms with Gasteiger partial charge in [0.1, 0.15) is 29.7 Å². The number of H-pyrrole nitrogens is 1. The van der Waals surface area contributed by atoms with E-state index in [1.54, 1.807) is 25.5 Å². The number of carbonyl (C=O) groups excluding carboxylic acids is 1. The number of benzene rings is 3. The summed E-state index contributed by atoms with van der Waals surface area (Å²) in [5.41, 5.74) is 1.18. The minimum Gasteiger partial charge on any atom is -0.497 e. The van der Waals surface area contributed by atoms with Crippen molar-refractivity contribution in [1.29, 1.82) is 5.26 Å². The van der Waals surface area contributed by atoms with E-state index in [2.05, 4.69) is 112 Å². The molecular formula is C49H66N7O8PSi. The predicted molar refractivity (Wildman–Crippen MR) is 259 cm³/mol. The summed E-state index contributed by atoms with van der Waals surface area (Å²) in [6.45, 7) is 22.8. The molecule has 0 bridgehead atoms. The highest BCUT2D eigenvalue weighted by Gasteiger charge is 2.54. The number of imidazole rings is 1. The van der Waals surface area contributed by atoms with Crippen molar-refractivity contribution in [1.82, 2.24) is 24.2 Å². The number of methoxy groups -OCH3 is 1. The second kappa shape index (κ2) is 21.4. The average Bonchev–Trinajstić information content (AvgIpc) is 3.84. The van der Waals surface area contributed by atoms with E-state index in [9.17, 15) is 14.9 Å². The average molecular weight is 940 g/mol. The number of hydrogen-bond donors (Lipinski definition) is 2. The number of aromatic nitrogens is 4. The smallest absolute Gasteiger partial charge is 0.280 e. The Kier molecular flexibility index (Phi) is 16.4. The molecule has 17 heteroatoms. The summed E-state index contributed by atoms with van der Waals surface area (Å²) in [5, 5.41) is 12.1. The molecule has 6 rings (SSSR count). The van der Waals surface area contributed by atoms with Crippen LogP contribution in [0.3, 0.4) is 0 Å². The van der Waals surface area contributed by atoms with Crippen LogP contribution in [0.5, 0.6) is 5.75 Å². The lowest BCUT2D eigenvalue weighted by atomic mass is 9.80. The first-order valence-electron chi connectivity index (χ1n) is 22.6. The molecule has 2 aromatic heterocycles. The summed E-state index contributed by atoms with van der Waals surface area (Å²) < 4.78 is 45.6. The normalized spacial score (nSPS) is 18.7. The van der Waals surface area contributed by atoms with Crippen molar-refractivity contribution in [3.8, 4) is 11.8 Å². The lowest BCUT2D eigenvalue weighted by Gasteiger charge is -2.42. The van der Waals surface area contributed by atoms with Crippen LogP contribution < -0.4 is 15.6 Å². The summed E-state index contributed by atoms with van der Waals surface area (Å²) in [7, 11) is -2.88. The van der Waals surface area contributed by atoms with Crippen LogP contribution in [-0.4, -0.2) is 89.1 Å². The Hall–Kier alpha value is -4.82. The Morgan fingerprint density at radius 1 is 0.939 bits per heavy atom. The lowest BCUT2D eigenvalue weighted by Crippen LogP contribution is -2.50. The maximum Gasteiger partial charge on any atom is 0.280 e. The van der Waals surface area contributed by atoms with Gasteiger partial charge < -0.3 is 27.7 Å². The first-order chi connectivity index (χ1) is 31.3. The second-order valence-electron chi connectivity index (χ2n) is 18.9. The standard InChI is InChI=1S/C49H66N7O8PSi/c1-32(2)44(57)53-47-52-43-40(45(58)54-47)51-31-55(43)46-42(64-66(11,12)48(7,8)9)41(63-65(61-29-19-28-50)56(33(3)4)34(5)6)39(62-46)30-60-49(35-20-15-13-16-21-35,36-22-17-14-18-23-36)37-24-26-38(59-10)27-25-37/h13-18,20-27,31-34,39,41-42,46H,19,29-30H2,1-12H3,(H2,52,53,54,57,58)/t39-,41+,42?,46-,65?/m1/s1. The number of fused-ring (bicyclic) bond motifs is 1. The Balaban J connectivity index is 1.57. The fourth-order valence-corrected chi connectivity index (χ4v) is 10.8. The van der Waals surface area contributed by atoms with Crippen LogP contribution >= 0.6 is 8.53 Å². The number of ether oxygens (including phenoxy) is 3. The SMILES string of the molecule is COc1ccc(C(OC[C@H]2O[C@@H](n3cnc4c(=O)[nH]c(NC(=O)C(C)C)nc43)C(O[Si](C)(C)C(C)(C)C)[C@H]2OP(OCCC#N)N(C(C)C)C(C)C)(c2ccccc2)c2ccccc2)cc1. The van der Waals surface area contributed by atoms with Gasteiger partial charge in [-0.1, -0.05) is 107 Å². The van der Waals surface area contributed by atoms with Gasteiger partial charge in [-0.05, 0) is 74.7 Å². The van der Waals surface area contributed by atoms with E-state index in [0.717, 1.165) is 16.7 Å². The maximum atomic E-state index is 13.6. The molecule has 1 aliphatic rings. The summed E-state index contributed by atoms with van der Waals surface area (Å²) in [5.74, 6) is 0.00139. The number of anilines is 1. The fraction of sp³-hybridized carbons (Fsp3) is 0.490. The first kappa shape index (κ1) is 50.6. The summed E-state index contributed by atoms with van der Waals surface area (Å²) in [4.78, 5) is 38.4. The van der Waals surface area contributed by atoms with Gasteiger partial charge in [0.05, 0.1) is 39.1 Å². The van der Waals surface area contributed by atoms with Crippen molar-refractivity contribution in [2.45, 2.75) is 129 Å². The number of carbonyl (C=O) groups is 1. The number of amides is 1. The molecule has 2 unspecified atom stereocenters. The molecule has 66 heavy (non-hydrogen) atoms. The van der Waals surface area contributed by atoms with Gasteiger partial charge in [0.2, 0.25) is 11.9 Å². The van der Waals surface area contributed by atoms with Crippen molar-refractivity contribution >= 4 is 39.9 Å². The molecule has 5 aromatic rings. The molecule has 1 amide bonds. The van der Waals surface area contributed by atoms with E-state index < -0.39 is 52.5 Å². The van der Waals surface area contributed by atoms with Crippen LogP contribution in [0.1, 0.15) is 91.7 Å². The summed E-state index contributed by atoms with van der Waals surface area (Å²) in [6.07, 6.45) is -1.79. The number of aromatic amines is 1. The lowest BCUT2D eigenvalue weighted by molar-refractivity contribution is -0.118. The van der Waals surface area contributed by atoms with Crippen molar-refractivity contribution in [2.75, 3.05) is 25.6 Å². The Labute approximate surface area is 391 Å². The molecule has 0 aliphatic carbocycles.